The number of carbonyl (C=O) groups is 2. The fourth-order valence-electron chi connectivity index (χ4n) is 10.4. The fourth-order valence-corrected chi connectivity index (χ4v) is 10.4. The number of aliphatic hydroxyl groups is 2. The van der Waals surface area contributed by atoms with Gasteiger partial charge in [0.05, 0.1) is 17.8 Å². The molecule has 1 heterocycles. The van der Waals surface area contributed by atoms with Crippen molar-refractivity contribution in [1.82, 2.24) is 0 Å². The Balaban J connectivity index is 1.18. The van der Waals surface area contributed by atoms with Gasteiger partial charge in [-0.25, -0.2) is 4.39 Å². The number of ketones is 2. The molecule has 4 fully saturated rings. The molecule has 3 saturated carbocycles. The molecule has 9 heteroatoms. The molecule has 5 aliphatic rings. The van der Waals surface area contributed by atoms with Crippen LogP contribution in [0.2, 0.25) is 0 Å². The number of halogens is 1. The Labute approximate surface area is 290 Å². The minimum atomic E-state index is -1.63. The largest absolute Gasteiger partial charge is 0.486 e. The molecule has 9 atom stereocenters. The number of carbonyl (C=O) groups excluding carboxylic acids is 2. The van der Waals surface area contributed by atoms with Crippen LogP contribution in [0.15, 0.2) is 90.5 Å². The van der Waals surface area contributed by atoms with Crippen molar-refractivity contribution in [2.45, 2.75) is 70.2 Å². The van der Waals surface area contributed by atoms with Gasteiger partial charge in [0.1, 0.15) is 13.2 Å². The van der Waals surface area contributed by atoms with Crippen LogP contribution in [0.5, 0.6) is 5.75 Å². The quantitative estimate of drug-likeness (QED) is 0.250. The van der Waals surface area contributed by atoms with Gasteiger partial charge in [-0.15, -0.1) is 0 Å². The molecule has 8 rings (SSSR count). The van der Waals surface area contributed by atoms with E-state index in [4.69, 9.17) is 19.9 Å². The number of hydrogen-bond acceptors (Lipinski definition) is 8. The predicted molar refractivity (Wildman–Crippen MR) is 184 cm³/mol. The second-order valence-corrected chi connectivity index (χ2v) is 15.1. The lowest BCUT2D eigenvalue weighted by Crippen LogP contribution is -2.63. The fraction of sp³-hybridized carbons (Fsp3) is 0.415. The van der Waals surface area contributed by atoms with Crippen LogP contribution in [0.25, 0.3) is 11.1 Å². The third-order valence-corrected chi connectivity index (χ3v) is 12.6. The van der Waals surface area contributed by atoms with Crippen LogP contribution >= 0.6 is 0 Å². The topological polar surface area (TPSA) is 128 Å². The Hall–Kier alpha value is -4.15. The predicted octanol–water partition coefficient (Wildman–Crippen LogP) is 6.26. The summed E-state index contributed by atoms with van der Waals surface area (Å²) in [5, 5.41) is 22.4. The molecule has 0 radical (unpaired) electrons. The molecular formula is C41H42FNO7. The van der Waals surface area contributed by atoms with Crippen molar-refractivity contribution in [1.29, 1.82) is 0 Å². The van der Waals surface area contributed by atoms with Gasteiger partial charge in [-0.3, -0.25) is 9.59 Å². The van der Waals surface area contributed by atoms with Crippen LogP contribution in [0, 0.1) is 34.4 Å². The third kappa shape index (κ3) is 4.78. The highest BCUT2D eigenvalue weighted by molar-refractivity contribution is 6.01. The maximum absolute atomic E-state index is 16.9. The summed E-state index contributed by atoms with van der Waals surface area (Å²) in [5.41, 5.74) is 6.63. The van der Waals surface area contributed by atoms with Crippen molar-refractivity contribution < 1.29 is 38.4 Å². The van der Waals surface area contributed by atoms with E-state index in [9.17, 15) is 19.8 Å². The second kappa shape index (κ2) is 12.0. The number of benzene rings is 3. The van der Waals surface area contributed by atoms with Crippen molar-refractivity contribution in [2.75, 3.05) is 12.3 Å². The molecule has 0 aromatic heterocycles. The lowest BCUT2D eigenvalue weighted by atomic mass is 9.46. The molecule has 0 amide bonds. The number of aliphatic hydroxyl groups excluding tert-OH is 2. The van der Waals surface area contributed by atoms with Crippen LogP contribution in [0.1, 0.15) is 56.9 Å². The molecule has 1 saturated heterocycles. The zero-order valence-corrected chi connectivity index (χ0v) is 28.2. The van der Waals surface area contributed by atoms with Gasteiger partial charge in [-0.2, -0.15) is 0 Å². The molecule has 8 nitrogen and oxygen atoms in total. The lowest BCUT2D eigenvalue weighted by molar-refractivity contribution is -0.201. The van der Waals surface area contributed by atoms with Crippen molar-refractivity contribution in [3.8, 4) is 16.9 Å². The van der Waals surface area contributed by atoms with Crippen molar-refractivity contribution >= 4 is 17.3 Å². The highest BCUT2D eigenvalue weighted by Crippen LogP contribution is 2.70. The normalized spacial score (nSPS) is 35.5. The Kier molecular flexibility index (Phi) is 7.91. The summed E-state index contributed by atoms with van der Waals surface area (Å²) in [4.78, 5) is 26.4. The minimum Gasteiger partial charge on any atom is -0.486 e. The highest BCUT2D eigenvalue weighted by atomic mass is 19.1. The van der Waals surface area contributed by atoms with E-state index in [1.807, 2.05) is 49.4 Å². The summed E-state index contributed by atoms with van der Waals surface area (Å²) >= 11 is 0. The summed E-state index contributed by atoms with van der Waals surface area (Å²) in [6, 6.07) is 19.8. The zero-order chi connectivity index (χ0) is 35.0. The molecule has 3 aromatic rings. The zero-order valence-electron chi connectivity index (χ0n) is 28.2. The van der Waals surface area contributed by atoms with E-state index in [0.29, 0.717) is 24.1 Å². The van der Waals surface area contributed by atoms with Crippen molar-refractivity contribution in [2.24, 2.45) is 28.6 Å². The average molecular weight is 680 g/mol. The van der Waals surface area contributed by atoms with E-state index < -0.39 is 53.1 Å². The second-order valence-electron chi connectivity index (χ2n) is 15.1. The van der Waals surface area contributed by atoms with Gasteiger partial charge >= 0.3 is 0 Å². The van der Waals surface area contributed by atoms with Gasteiger partial charge in [-0.1, -0.05) is 74.0 Å². The van der Waals surface area contributed by atoms with Crippen molar-refractivity contribution in [3.05, 3.63) is 107 Å². The third-order valence-electron chi connectivity index (χ3n) is 12.6. The molecule has 1 aliphatic heterocycles. The number of Topliss-reactive ketones (excluding diaryl/α,β-unsaturated/α-hetero) is 1. The first-order valence-corrected chi connectivity index (χ1v) is 17.4. The smallest absolute Gasteiger partial charge is 0.193 e. The Bertz CT molecular complexity index is 1930. The van der Waals surface area contributed by atoms with Gasteiger partial charge in [0.25, 0.3) is 0 Å². The SMILES string of the molecule is C[C@]12C=CC(=O)C=C1CC[C@@H]1[C@@H]2[C@@H](O)C[C@@]2(C)[C@H]1C[C@H]1O[C@@H](c3c(-c4ccccc4)ccc(OCc4cccc(N)c4)c3F)O[C@]12C(=O)CO. The minimum absolute atomic E-state index is 0.00346. The number of ether oxygens (including phenoxy) is 3. The van der Waals surface area contributed by atoms with Crippen molar-refractivity contribution in [3.63, 3.8) is 0 Å². The van der Waals surface area contributed by atoms with Gasteiger partial charge in [0.2, 0.25) is 0 Å². The van der Waals surface area contributed by atoms with Crippen LogP contribution < -0.4 is 10.5 Å². The number of allylic oxidation sites excluding steroid dienone is 4. The maximum Gasteiger partial charge on any atom is 0.193 e. The summed E-state index contributed by atoms with van der Waals surface area (Å²) < 4.78 is 36.3. The molecule has 0 spiro atoms. The monoisotopic (exact) mass is 679 g/mol. The molecule has 0 bridgehead atoms. The van der Waals surface area contributed by atoms with E-state index in [2.05, 4.69) is 6.92 Å². The lowest BCUT2D eigenvalue weighted by Gasteiger charge is -2.59. The van der Waals surface area contributed by atoms with Gasteiger partial charge in [0, 0.05) is 22.4 Å². The van der Waals surface area contributed by atoms with E-state index >= 15 is 4.39 Å². The standard InChI is InChI=1S/C41H42FNO7/c1-39-16-15-27(45)18-25(39)11-12-29-30-19-34-41(33(47)21-44,40(30,2)20-31(46)36(29)39)50-38(49-34)35-28(24-8-4-3-5-9-24)13-14-32(37(35)42)48-22-23-7-6-10-26(43)17-23/h3-10,13-18,29-31,34,36,38,44,46H,11-12,19-22,43H2,1-2H3/t29-,30-,31-,34+,36+,38+,39-,40-,41+/m0/s1. The van der Waals surface area contributed by atoms with Gasteiger partial charge in [0.15, 0.2) is 35.0 Å². The molecule has 260 valence electrons. The summed E-state index contributed by atoms with van der Waals surface area (Å²) in [6.45, 7) is 3.34. The van der Waals surface area contributed by atoms with Gasteiger partial charge < -0.3 is 30.2 Å². The number of rotatable bonds is 7. The summed E-state index contributed by atoms with van der Waals surface area (Å²) in [6.07, 6.45) is 4.45. The molecule has 0 unspecified atom stereocenters. The average Bonchev–Trinajstić information content (AvgIpc) is 3.60. The van der Waals surface area contributed by atoms with E-state index in [1.54, 1.807) is 42.5 Å². The van der Waals surface area contributed by atoms with Gasteiger partial charge in [-0.05, 0) is 84.6 Å². The van der Waals surface area contributed by atoms with Crippen LogP contribution in [-0.4, -0.2) is 46.2 Å². The summed E-state index contributed by atoms with van der Waals surface area (Å²) in [5.74, 6) is -1.51. The molecule has 3 aromatic carbocycles. The Morgan fingerprint density at radius 3 is 2.66 bits per heavy atom. The summed E-state index contributed by atoms with van der Waals surface area (Å²) in [7, 11) is 0. The first-order chi connectivity index (χ1) is 24.0. The van der Waals surface area contributed by atoms with Crippen LogP contribution in [0.3, 0.4) is 0 Å². The maximum atomic E-state index is 16.9. The van der Waals surface area contributed by atoms with E-state index in [0.717, 1.165) is 23.1 Å². The number of nitrogens with two attached hydrogens (primary N) is 1. The number of nitrogen functional groups attached to an aromatic ring is 1. The Morgan fingerprint density at radius 2 is 1.90 bits per heavy atom. The Morgan fingerprint density at radius 1 is 1.10 bits per heavy atom. The van der Waals surface area contributed by atoms with Crippen LogP contribution in [-0.2, 0) is 25.7 Å². The van der Waals surface area contributed by atoms with Crippen LogP contribution in [0.4, 0.5) is 10.1 Å². The number of fused-ring (bicyclic) bond motifs is 7. The van der Waals surface area contributed by atoms with E-state index in [1.165, 1.54) is 0 Å². The van der Waals surface area contributed by atoms with E-state index in [-0.39, 0.29) is 47.9 Å². The molecule has 4 aliphatic carbocycles. The first kappa shape index (κ1) is 33.0. The first-order valence-electron chi connectivity index (χ1n) is 17.4. The molecule has 4 N–H and O–H groups in total. The number of anilines is 1. The molecule has 50 heavy (non-hydrogen) atoms. The highest BCUT2D eigenvalue weighted by Gasteiger charge is 2.76. The number of hydrogen-bond donors (Lipinski definition) is 3. The molecular weight excluding hydrogens is 637 g/mol.